The van der Waals surface area contributed by atoms with Crippen LogP contribution in [0.25, 0.3) is 16.9 Å². The maximum absolute atomic E-state index is 12.4. The average Bonchev–Trinajstić information content (AvgIpc) is 3.18. The largest absolute Gasteiger partial charge is 0.350 e. The number of piperazine rings is 1. The molecule has 0 bridgehead atoms. The fraction of sp³-hybridized carbons (Fsp3) is 0.316. The molecule has 0 radical (unpaired) electrons. The van der Waals surface area contributed by atoms with E-state index in [4.69, 9.17) is 0 Å². The van der Waals surface area contributed by atoms with Crippen LogP contribution in [0.1, 0.15) is 6.42 Å². The number of halogens is 1. The molecule has 26 heavy (non-hydrogen) atoms. The zero-order valence-corrected chi connectivity index (χ0v) is 14.4. The van der Waals surface area contributed by atoms with Crippen molar-refractivity contribution in [1.82, 2.24) is 19.3 Å². The van der Waals surface area contributed by atoms with Crippen LogP contribution in [-0.2, 0) is 4.79 Å². The fourth-order valence-corrected chi connectivity index (χ4v) is 3.36. The van der Waals surface area contributed by atoms with Crippen molar-refractivity contribution in [3.63, 3.8) is 0 Å². The van der Waals surface area contributed by atoms with Crippen molar-refractivity contribution in [3.05, 3.63) is 48.9 Å². The molecule has 0 saturated carbocycles. The monoisotopic (exact) mass is 353 g/mol. The second kappa shape index (κ2) is 7.11. The normalized spacial score (nSPS) is 14.8. The van der Waals surface area contributed by atoms with Gasteiger partial charge in [-0.2, -0.15) is 0 Å². The van der Waals surface area contributed by atoms with Crippen molar-refractivity contribution in [2.45, 2.75) is 6.42 Å². The number of nitrogens with zero attached hydrogens (tertiary/aromatic N) is 5. The highest BCUT2D eigenvalue weighted by molar-refractivity contribution is 5.77. The Morgan fingerprint density at radius 2 is 1.85 bits per heavy atom. The molecule has 7 heteroatoms. The van der Waals surface area contributed by atoms with E-state index in [1.54, 1.807) is 11.1 Å². The van der Waals surface area contributed by atoms with E-state index in [9.17, 15) is 9.18 Å². The van der Waals surface area contributed by atoms with Gasteiger partial charge in [-0.1, -0.05) is 30.3 Å². The van der Waals surface area contributed by atoms with Gasteiger partial charge in [-0.25, -0.2) is 9.97 Å². The van der Waals surface area contributed by atoms with Crippen molar-refractivity contribution >= 4 is 17.4 Å². The molecule has 4 rings (SSSR count). The highest BCUT2D eigenvalue weighted by atomic mass is 19.1. The molecule has 0 aliphatic carbocycles. The van der Waals surface area contributed by atoms with Crippen LogP contribution in [0.5, 0.6) is 0 Å². The lowest BCUT2D eigenvalue weighted by Gasteiger charge is -2.35. The zero-order valence-electron chi connectivity index (χ0n) is 14.4. The first-order valence-corrected chi connectivity index (χ1v) is 8.74. The minimum atomic E-state index is -0.601. The number of benzene rings is 1. The lowest BCUT2D eigenvalue weighted by molar-refractivity contribution is -0.131. The van der Waals surface area contributed by atoms with Gasteiger partial charge in [0.1, 0.15) is 0 Å². The minimum Gasteiger partial charge on any atom is -0.350 e. The van der Waals surface area contributed by atoms with Gasteiger partial charge in [-0.3, -0.25) is 13.6 Å². The number of imidazole rings is 1. The van der Waals surface area contributed by atoms with Gasteiger partial charge in [0, 0.05) is 44.1 Å². The van der Waals surface area contributed by atoms with Gasteiger partial charge in [0.15, 0.2) is 11.5 Å². The molecule has 1 fully saturated rings. The van der Waals surface area contributed by atoms with Gasteiger partial charge in [-0.05, 0) is 0 Å². The summed E-state index contributed by atoms with van der Waals surface area (Å²) in [7, 11) is 0. The summed E-state index contributed by atoms with van der Waals surface area (Å²) in [4.78, 5) is 24.9. The first-order valence-electron chi connectivity index (χ1n) is 8.74. The second-order valence-electron chi connectivity index (χ2n) is 6.26. The SMILES string of the molecule is O=C(CCF)N1CCN(c2ncc(-c3ccccc3)n3ccnc23)CC1. The molecule has 0 spiro atoms. The molecule has 6 nitrogen and oxygen atoms in total. The molecule has 1 aliphatic rings. The first kappa shape index (κ1) is 16.5. The summed E-state index contributed by atoms with van der Waals surface area (Å²) in [5.74, 6) is 0.692. The Labute approximate surface area is 150 Å². The van der Waals surface area contributed by atoms with Gasteiger partial charge >= 0.3 is 0 Å². The van der Waals surface area contributed by atoms with E-state index >= 15 is 0 Å². The molecular weight excluding hydrogens is 333 g/mol. The summed E-state index contributed by atoms with van der Waals surface area (Å²) in [6.45, 7) is 1.88. The summed E-state index contributed by atoms with van der Waals surface area (Å²) >= 11 is 0. The van der Waals surface area contributed by atoms with Crippen LogP contribution >= 0.6 is 0 Å². The van der Waals surface area contributed by atoms with E-state index in [-0.39, 0.29) is 12.3 Å². The second-order valence-corrected chi connectivity index (χ2v) is 6.26. The summed E-state index contributed by atoms with van der Waals surface area (Å²) in [6.07, 6.45) is 5.53. The maximum atomic E-state index is 12.4. The van der Waals surface area contributed by atoms with Gasteiger partial charge in [0.2, 0.25) is 5.91 Å². The van der Waals surface area contributed by atoms with E-state index in [1.165, 1.54) is 0 Å². The van der Waals surface area contributed by atoms with Crippen LogP contribution in [0.4, 0.5) is 10.2 Å². The lowest BCUT2D eigenvalue weighted by atomic mass is 10.1. The highest BCUT2D eigenvalue weighted by Gasteiger charge is 2.24. The molecule has 1 saturated heterocycles. The number of aromatic nitrogens is 3. The number of anilines is 1. The molecule has 134 valence electrons. The number of hydrogen-bond acceptors (Lipinski definition) is 4. The number of hydrogen-bond donors (Lipinski definition) is 0. The van der Waals surface area contributed by atoms with Gasteiger partial charge in [-0.15, -0.1) is 0 Å². The van der Waals surface area contributed by atoms with E-state index < -0.39 is 6.67 Å². The first-order chi connectivity index (χ1) is 12.8. The Morgan fingerprint density at radius 1 is 1.08 bits per heavy atom. The van der Waals surface area contributed by atoms with Crippen LogP contribution in [0, 0.1) is 0 Å². The number of carbonyl (C=O) groups excluding carboxylic acids is 1. The molecule has 1 amide bonds. The summed E-state index contributed by atoms with van der Waals surface area (Å²) in [5, 5.41) is 0. The molecule has 2 aromatic heterocycles. The molecule has 1 aliphatic heterocycles. The van der Waals surface area contributed by atoms with Crippen molar-refractivity contribution in [3.8, 4) is 11.3 Å². The third-order valence-corrected chi connectivity index (χ3v) is 4.72. The van der Waals surface area contributed by atoms with Crippen LogP contribution < -0.4 is 4.90 Å². The Morgan fingerprint density at radius 3 is 2.58 bits per heavy atom. The van der Waals surface area contributed by atoms with E-state index in [1.807, 2.05) is 47.1 Å². The smallest absolute Gasteiger partial charge is 0.225 e. The third-order valence-electron chi connectivity index (χ3n) is 4.72. The molecule has 3 aromatic rings. The van der Waals surface area contributed by atoms with Crippen molar-refractivity contribution in [1.29, 1.82) is 0 Å². The number of carbonyl (C=O) groups is 1. The standard InChI is InChI=1S/C19H20FN5O/c20-7-6-17(26)23-10-12-24(13-11-23)18-19-21-8-9-25(19)16(14-22-18)15-4-2-1-3-5-15/h1-5,8-9,14H,6-7,10-13H2. The number of amides is 1. The van der Waals surface area contributed by atoms with Crippen LogP contribution in [-0.4, -0.2) is 58.0 Å². The van der Waals surface area contributed by atoms with Crippen LogP contribution in [0.2, 0.25) is 0 Å². The molecule has 0 N–H and O–H groups in total. The molecule has 1 aromatic carbocycles. The van der Waals surface area contributed by atoms with Crippen molar-refractivity contribution in [2.75, 3.05) is 37.8 Å². The maximum Gasteiger partial charge on any atom is 0.225 e. The summed E-state index contributed by atoms with van der Waals surface area (Å²) < 4.78 is 14.4. The molecule has 3 heterocycles. The number of alkyl halides is 1. The predicted octanol–water partition coefficient (Wildman–Crippen LogP) is 2.40. The minimum absolute atomic E-state index is 0.0332. The number of fused-ring (bicyclic) bond motifs is 1. The Bertz CT molecular complexity index is 903. The van der Waals surface area contributed by atoms with Crippen molar-refractivity contribution in [2.24, 2.45) is 0 Å². The fourth-order valence-electron chi connectivity index (χ4n) is 3.36. The van der Waals surface area contributed by atoms with Gasteiger partial charge in [0.05, 0.1) is 25.0 Å². The highest BCUT2D eigenvalue weighted by Crippen LogP contribution is 2.25. The quantitative estimate of drug-likeness (QED) is 0.723. The Hall–Kier alpha value is -2.96. The van der Waals surface area contributed by atoms with E-state index in [2.05, 4.69) is 14.9 Å². The predicted molar refractivity (Wildman–Crippen MR) is 97.8 cm³/mol. The topological polar surface area (TPSA) is 53.7 Å². The van der Waals surface area contributed by atoms with Crippen LogP contribution in [0.3, 0.4) is 0 Å². The molecule has 0 unspecified atom stereocenters. The molecular formula is C19H20FN5O. The average molecular weight is 353 g/mol. The van der Waals surface area contributed by atoms with Gasteiger partial charge in [0.25, 0.3) is 0 Å². The summed E-state index contributed by atoms with van der Waals surface area (Å²) in [5.41, 5.74) is 2.87. The number of rotatable bonds is 4. The lowest BCUT2D eigenvalue weighted by Crippen LogP contribution is -2.49. The summed E-state index contributed by atoms with van der Waals surface area (Å²) in [6, 6.07) is 10.1. The van der Waals surface area contributed by atoms with Crippen molar-refractivity contribution < 1.29 is 9.18 Å². The zero-order chi connectivity index (χ0) is 17.9. The molecule has 0 atom stereocenters. The van der Waals surface area contributed by atoms with E-state index in [0.717, 1.165) is 22.7 Å². The third kappa shape index (κ3) is 3.00. The van der Waals surface area contributed by atoms with E-state index in [0.29, 0.717) is 26.2 Å². The Balaban J connectivity index is 1.59. The van der Waals surface area contributed by atoms with Crippen LogP contribution in [0.15, 0.2) is 48.9 Å². The Kier molecular flexibility index (Phi) is 4.51. The van der Waals surface area contributed by atoms with Gasteiger partial charge < -0.3 is 9.80 Å².